The number of hydrogen-bond acceptors (Lipinski definition) is 6. The highest BCUT2D eigenvalue weighted by Gasteiger charge is 2.19. The van der Waals surface area contributed by atoms with E-state index in [2.05, 4.69) is 54.9 Å². The molecule has 0 radical (unpaired) electrons. The van der Waals surface area contributed by atoms with Gasteiger partial charge in [-0.3, -0.25) is 9.80 Å². The number of aryl methyl sites for hydroxylation is 1. The molecule has 2 aromatic heterocycles. The molecule has 0 aromatic carbocycles. The molecular weight excluding hydrogens is 376 g/mol. The minimum absolute atomic E-state index is 0.756. The van der Waals surface area contributed by atoms with Crippen LogP contribution in [0.25, 0.3) is 0 Å². The minimum Gasteiger partial charge on any atom is -0.338 e. The Morgan fingerprint density at radius 2 is 1.91 bits per heavy atom. The average molecular weight is 399 g/mol. The smallest absolute Gasteiger partial charge is 0.240 e. The van der Waals surface area contributed by atoms with E-state index in [-0.39, 0.29) is 0 Å². The van der Waals surface area contributed by atoms with Crippen LogP contribution in [0.15, 0.2) is 20.4 Å². The largest absolute Gasteiger partial charge is 0.338 e. The fraction of sp³-hybridized carbons (Fsp3) is 0.625. The van der Waals surface area contributed by atoms with E-state index in [1.165, 1.54) is 8.66 Å². The zero-order valence-electron chi connectivity index (χ0n) is 13.5. The molecule has 23 heavy (non-hydrogen) atoms. The van der Waals surface area contributed by atoms with E-state index in [1.54, 1.807) is 0 Å². The van der Waals surface area contributed by atoms with Crippen molar-refractivity contribution in [3.63, 3.8) is 0 Å². The Morgan fingerprint density at radius 3 is 2.57 bits per heavy atom. The van der Waals surface area contributed by atoms with Crippen LogP contribution < -0.4 is 0 Å². The zero-order chi connectivity index (χ0) is 16.1. The monoisotopic (exact) mass is 398 g/mol. The van der Waals surface area contributed by atoms with E-state index < -0.39 is 0 Å². The van der Waals surface area contributed by atoms with Crippen molar-refractivity contribution in [3.8, 4) is 0 Å². The lowest BCUT2D eigenvalue weighted by atomic mass is 10.2. The third kappa shape index (κ3) is 5.11. The third-order valence-corrected chi connectivity index (χ3v) is 5.70. The van der Waals surface area contributed by atoms with Gasteiger partial charge in [-0.1, -0.05) is 18.5 Å². The molecule has 7 heteroatoms. The number of halogens is 1. The Kier molecular flexibility index (Phi) is 6.21. The summed E-state index contributed by atoms with van der Waals surface area (Å²) in [5.74, 6) is 1.61. The number of hydrogen-bond donors (Lipinski definition) is 0. The van der Waals surface area contributed by atoms with Gasteiger partial charge in [0.2, 0.25) is 5.89 Å². The summed E-state index contributed by atoms with van der Waals surface area (Å²) in [5.41, 5.74) is 0. The van der Waals surface area contributed by atoms with Crippen LogP contribution in [-0.4, -0.2) is 46.1 Å². The van der Waals surface area contributed by atoms with Gasteiger partial charge in [-0.25, -0.2) is 0 Å². The van der Waals surface area contributed by atoms with Crippen molar-refractivity contribution in [1.82, 2.24) is 19.9 Å². The van der Waals surface area contributed by atoms with Crippen molar-refractivity contribution in [2.24, 2.45) is 0 Å². The molecular formula is C16H23BrN4OS. The van der Waals surface area contributed by atoms with Crippen LogP contribution in [0.1, 0.15) is 36.4 Å². The molecule has 126 valence electrons. The summed E-state index contributed by atoms with van der Waals surface area (Å²) in [6.07, 6.45) is 3.20. The van der Waals surface area contributed by atoms with Gasteiger partial charge in [0.1, 0.15) is 0 Å². The summed E-state index contributed by atoms with van der Waals surface area (Å²) in [6.45, 7) is 8.29. The van der Waals surface area contributed by atoms with Crippen LogP contribution in [0.3, 0.4) is 0 Å². The average Bonchev–Trinajstić information content (AvgIpc) is 3.16. The summed E-state index contributed by atoms with van der Waals surface area (Å²) >= 11 is 5.35. The standard InChI is InChI=1S/C16H23BrN4OS/c1-2-3-4-15-18-16(22-19-15)12-21-9-7-20(8-10-21)11-13-5-6-14(17)23-13/h5-6H,2-4,7-12H2,1H3. The topological polar surface area (TPSA) is 45.4 Å². The molecule has 0 saturated carbocycles. The first-order chi connectivity index (χ1) is 11.2. The summed E-state index contributed by atoms with van der Waals surface area (Å²) in [7, 11) is 0. The van der Waals surface area contributed by atoms with Crippen LogP contribution in [0.4, 0.5) is 0 Å². The molecule has 0 spiro atoms. The first-order valence-electron chi connectivity index (χ1n) is 8.23. The molecule has 1 aliphatic heterocycles. The predicted octanol–water partition coefficient (Wildman–Crippen LogP) is 3.55. The van der Waals surface area contributed by atoms with E-state index in [1.807, 2.05) is 11.3 Å². The van der Waals surface area contributed by atoms with E-state index in [4.69, 9.17) is 4.52 Å². The minimum atomic E-state index is 0.756. The van der Waals surface area contributed by atoms with Crippen molar-refractivity contribution in [2.45, 2.75) is 39.3 Å². The summed E-state index contributed by atoms with van der Waals surface area (Å²) in [5, 5.41) is 4.07. The quantitative estimate of drug-likeness (QED) is 0.713. The number of aromatic nitrogens is 2. The SMILES string of the molecule is CCCCc1noc(CN2CCN(Cc3ccc(Br)s3)CC2)n1. The molecule has 0 N–H and O–H groups in total. The number of unbranched alkanes of at least 4 members (excludes halogenated alkanes) is 1. The van der Waals surface area contributed by atoms with Crippen molar-refractivity contribution in [2.75, 3.05) is 26.2 Å². The predicted molar refractivity (Wildman–Crippen MR) is 95.5 cm³/mol. The molecule has 1 saturated heterocycles. The van der Waals surface area contributed by atoms with Gasteiger partial charge in [-0.05, 0) is 34.5 Å². The lowest BCUT2D eigenvalue weighted by Gasteiger charge is -2.33. The summed E-state index contributed by atoms with van der Waals surface area (Å²) in [6, 6.07) is 4.33. The van der Waals surface area contributed by atoms with E-state index >= 15 is 0 Å². The second-order valence-electron chi connectivity index (χ2n) is 5.97. The van der Waals surface area contributed by atoms with Gasteiger partial charge in [-0.15, -0.1) is 11.3 Å². The zero-order valence-corrected chi connectivity index (χ0v) is 15.9. The van der Waals surface area contributed by atoms with Gasteiger partial charge in [0, 0.05) is 44.0 Å². The second kappa shape index (κ2) is 8.37. The molecule has 3 heterocycles. The second-order valence-corrected chi connectivity index (χ2v) is 8.51. The van der Waals surface area contributed by atoms with E-state index in [9.17, 15) is 0 Å². The highest BCUT2D eigenvalue weighted by molar-refractivity contribution is 9.11. The number of piperazine rings is 1. The molecule has 3 rings (SSSR count). The molecule has 0 aliphatic carbocycles. The van der Waals surface area contributed by atoms with Gasteiger partial charge in [-0.2, -0.15) is 4.98 Å². The Balaban J connectivity index is 1.42. The molecule has 2 aromatic rings. The molecule has 1 fully saturated rings. The first-order valence-corrected chi connectivity index (χ1v) is 9.84. The maximum Gasteiger partial charge on any atom is 0.240 e. The van der Waals surface area contributed by atoms with Gasteiger partial charge in [0.25, 0.3) is 0 Å². The van der Waals surface area contributed by atoms with Crippen molar-refractivity contribution in [1.29, 1.82) is 0 Å². The van der Waals surface area contributed by atoms with Gasteiger partial charge < -0.3 is 4.52 Å². The first kappa shape index (κ1) is 17.1. The fourth-order valence-corrected chi connectivity index (χ4v) is 4.27. The molecule has 0 unspecified atom stereocenters. The number of nitrogens with zero attached hydrogens (tertiary/aromatic N) is 4. The molecule has 0 atom stereocenters. The third-order valence-electron chi connectivity index (χ3n) is 4.10. The normalized spacial score (nSPS) is 17.0. The van der Waals surface area contributed by atoms with Crippen LogP contribution in [0.5, 0.6) is 0 Å². The molecule has 1 aliphatic rings. The van der Waals surface area contributed by atoms with Gasteiger partial charge in [0.15, 0.2) is 5.82 Å². The van der Waals surface area contributed by atoms with Crippen LogP contribution in [-0.2, 0) is 19.5 Å². The lowest BCUT2D eigenvalue weighted by molar-refractivity contribution is 0.113. The maximum atomic E-state index is 5.37. The van der Waals surface area contributed by atoms with Crippen molar-refractivity contribution >= 4 is 27.3 Å². The molecule has 0 bridgehead atoms. The Labute approximate surface area is 149 Å². The Bertz CT molecular complexity index is 607. The van der Waals surface area contributed by atoms with Crippen LogP contribution >= 0.6 is 27.3 Å². The molecule has 0 amide bonds. The van der Waals surface area contributed by atoms with E-state index in [0.29, 0.717) is 0 Å². The maximum absolute atomic E-state index is 5.37. The highest BCUT2D eigenvalue weighted by atomic mass is 79.9. The van der Waals surface area contributed by atoms with E-state index in [0.717, 1.165) is 70.2 Å². The molecule has 5 nitrogen and oxygen atoms in total. The summed E-state index contributed by atoms with van der Waals surface area (Å²) < 4.78 is 6.58. The Morgan fingerprint density at radius 1 is 1.17 bits per heavy atom. The highest BCUT2D eigenvalue weighted by Crippen LogP contribution is 2.23. The van der Waals surface area contributed by atoms with Crippen molar-refractivity contribution < 1.29 is 4.52 Å². The van der Waals surface area contributed by atoms with Crippen LogP contribution in [0.2, 0.25) is 0 Å². The van der Waals surface area contributed by atoms with Gasteiger partial charge in [0.05, 0.1) is 10.3 Å². The van der Waals surface area contributed by atoms with Crippen LogP contribution in [0, 0.1) is 0 Å². The van der Waals surface area contributed by atoms with Gasteiger partial charge >= 0.3 is 0 Å². The van der Waals surface area contributed by atoms with Crippen molar-refractivity contribution in [3.05, 3.63) is 32.5 Å². The fourth-order valence-electron chi connectivity index (χ4n) is 2.74. The lowest BCUT2D eigenvalue weighted by Crippen LogP contribution is -2.45. The number of rotatable bonds is 7. The number of thiophene rings is 1. The Hall–Kier alpha value is -0.760. The summed E-state index contributed by atoms with van der Waals surface area (Å²) in [4.78, 5) is 10.8.